The van der Waals surface area contributed by atoms with Crippen LogP contribution in [0, 0.1) is 10.6 Å². The third kappa shape index (κ3) is 4.14. The van der Waals surface area contributed by atoms with Crippen molar-refractivity contribution in [2.24, 2.45) is 0 Å². The molecule has 130 valence electrons. The molecule has 0 spiro atoms. The molecule has 0 saturated heterocycles. The van der Waals surface area contributed by atoms with E-state index in [-0.39, 0.29) is 5.82 Å². The highest BCUT2D eigenvalue weighted by Crippen LogP contribution is 2.25. The predicted molar refractivity (Wildman–Crippen MR) is 105 cm³/mol. The number of para-hydroxylation sites is 1. The Morgan fingerprint density at radius 3 is 2.76 bits per heavy atom. The quantitative estimate of drug-likeness (QED) is 0.544. The zero-order valence-electron chi connectivity index (χ0n) is 13.6. The van der Waals surface area contributed by atoms with E-state index in [2.05, 4.69) is 29.3 Å². The first-order valence-electron chi connectivity index (χ1n) is 7.86. The number of rotatable bonds is 6. The number of aromatic nitrogens is 3. The Labute approximate surface area is 160 Å². The fourth-order valence-electron chi connectivity index (χ4n) is 2.59. The van der Waals surface area contributed by atoms with Crippen LogP contribution >= 0.6 is 35.6 Å². The van der Waals surface area contributed by atoms with Gasteiger partial charge in [-0.2, -0.15) is 5.10 Å². The van der Waals surface area contributed by atoms with Gasteiger partial charge in [0.1, 0.15) is 11.6 Å². The summed E-state index contributed by atoms with van der Waals surface area (Å²) in [5.41, 5.74) is 3.18. The summed E-state index contributed by atoms with van der Waals surface area (Å²) in [6.07, 6.45) is 0.918. The molecule has 0 aliphatic heterocycles. The van der Waals surface area contributed by atoms with Crippen molar-refractivity contribution in [2.45, 2.75) is 24.9 Å². The van der Waals surface area contributed by atoms with Crippen LogP contribution in [0.25, 0.3) is 5.69 Å². The van der Waals surface area contributed by atoms with E-state index in [0.717, 1.165) is 23.5 Å². The van der Waals surface area contributed by atoms with Gasteiger partial charge in [-0.15, -0.1) is 11.8 Å². The summed E-state index contributed by atoms with van der Waals surface area (Å²) in [4.78, 5) is 0. The number of thioether (sulfide) groups is 1. The van der Waals surface area contributed by atoms with Crippen LogP contribution in [-0.2, 0) is 17.9 Å². The first-order valence-corrected chi connectivity index (χ1v) is 9.80. The Hall–Kier alpha value is -1.63. The smallest absolute Gasteiger partial charge is 0.199 e. The molecule has 0 radical (unpaired) electrons. The SMILES string of the molecule is CCc1ccccc1-n1c(CSCc2ccc(F)cc2Cl)n[nH]c1=S. The second-order valence-corrected chi connectivity index (χ2v) is 7.27. The van der Waals surface area contributed by atoms with Gasteiger partial charge < -0.3 is 0 Å². The normalized spacial score (nSPS) is 11.0. The Morgan fingerprint density at radius 1 is 1.20 bits per heavy atom. The number of hydrogen-bond donors (Lipinski definition) is 1. The van der Waals surface area contributed by atoms with E-state index in [1.807, 2.05) is 16.7 Å². The summed E-state index contributed by atoms with van der Waals surface area (Å²) < 4.78 is 15.7. The Morgan fingerprint density at radius 2 is 2.00 bits per heavy atom. The summed E-state index contributed by atoms with van der Waals surface area (Å²) in [6, 6.07) is 12.7. The molecular weight excluding hydrogens is 377 g/mol. The van der Waals surface area contributed by atoms with Crippen LogP contribution in [0.3, 0.4) is 0 Å². The highest BCUT2D eigenvalue weighted by Gasteiger charge is 2.12. The first-order chi connectivity index (χ1) is 12.1. The molecule has 3 aromatic rings. The Bertz CT molecular complexity index is 936. The van der Waals surface area contributed by atoms with Crippen LogP contribution in [0.5, 0.6) is 0 Å². The van der Waals surface area contributed by atoms with Crippen molar-refractivity contribution < 1.29 is 4.39 Å². The van der Waals surface area contributed by atoms with E-state index in [0.29, 0.717) is 21.3 Å². The minimum Gasteiger partial charge on any atom is -0.271 e. The van der Waals surface area contributed by atoms with Crippen molar-refractivity contribution in [3.8, 4) is 5.69 Å². The monoisotopic (exact) mass is 393 g/mol. The summed E-state index contributed by atoms with van der Waals surface area (Å²) in [6.45, 7) is 2.12. The van der Waals surface area contributed by atoms with Gasteiger partial charge in [-0.05, 0) is 48.0 Å². The summed E-state index contributed by atoms with van der Waals surface area (Å²) in [7, 11) is 0. The summed E-state index contributed by atoms with van der Waals surface area (Å²) >= 11 is 13.2. The molecule has 0 bridgehead atoms. The lowest BCUT2D eigenvalue weighted by atomic mass is 10.1. The molecule has 0 aliphatic rings. The number of hydrogen-bond acceptors (Lipinski definition) is 3. The van der Waals surface area contributed by atoms with Crippen molar-refractivity contribution in [3.05, 3.63) is 75.0 Å². The molecule has 0 saturated carbocycles. The number of benzene rings is 2. The fraction of sp³-hybridized carbons (Fsp3) is 0.222. The van der Waals surface area contributed by atoms with Gasteiger partial charge in [0, 0.05) is 10.8 Å². The van der Waals surface area contributed by atoms with E-state index in [4.69, 9.17) is 23.8 Å². The van der Waals surface area contributed by atoms with E-state index in [9.17, 15) is 4.39 Å². The minimum absolute atomic E-state index is 0.323. The van der Waals surface area contributed by atoms with Gasteiger partial charge in [-0.25, -0.2) is 4.39 Å². The first kappa shape index (κ1) is 18.2. The molecule has 3 rings (SSSR count). The van der Waals surface area contributed by atoms with Gasteiger partial charge in [-0.3, -0.25) is 9.67 Å². The summed E-state index contributed by atoms with van der Waals surface area (Å²) in [5.74, 6) is 1.87. The molecule has 0 atom stereocenters. The number of nitrogens with zero attached hydrogens (tertiary/aromatic N) is 2. The van der Waals surface area contributed by atoms with Gasteiger partial charge in [0.05, 0.1) is 11.4 Å². The third-order valence-electron chi connectivity index (χ3n) is 3.86. The maximum absolute atomic E-state index is 13.1. The number of aryl methyl sites for hydroxylation is 1. The molecule has 1 aromatic heterocycles. The molecule has 0 unspecified atom stereocenters. The average molecular weight is 394 g/mol. The largest absolute Gasteiger partial charge is 0.271 e. The number of halogens is 2. The third-order valence-corrected chi connectivity index (χ3v) is 5.46. The van der Waals surface area contributed by atoms with Crippen LogP contribution in [-0.4, -0.2) is 14.8 Å². The van der Waals surface area contributed by atoms with Crippen LogP contribution in [0.4, 0.5) is 4.39 Å². The average Bonchev–Trinajstić information content (AvgIpc) is 2.97. The molecule has 0 amide bonds. The van der Waals surface area contributed by atoms with Crippen molar-refractivity contribution in [1.29, 1.82) is 0 Å². The van der Waals surface area contributed by atoms with Crippen molar-refractivity contribution in [3.63, 3.8) is 0 Å². The molecule has 0 aliphatic carbocycles. The lowest BCUT2D eigenvalue weighted by molar-refractivity contribution is 0.627. The van der Waals surface area contributed by atoms with Gasteiger partial charge in [0.25, 0.3) is 0 Å². The van der Waals surface area contributed by atoms with Crippen LogP contribution in [0.2, 0.25) is 5.02 Å². The second-order valence-electron chi connectivity index (χ2n) is 5.49. The molecule has 7 heteroatoms. The van der Waals surface area contributed by atoms with Gasteiger partial charge in [-0.1, -0.05) is 42.8 Å². The van der Waals surface area contributed by atoms with E-state index >= 15 is 0 Å². The molecular formula is C18H17ClFN3S2. The highest BCUT2D eigenvalue weighted by atomic mass is 35.5. The van der Waals surface area contributed by atoms with Crippen LogP contribution < -0.4 is 0 Å². The highest BCUT2D eigenvalue weighted by molar-refractivity contribution is 7.97. The van der Waals surface area contributed by atoms with Gasteiger partial charge in [0.15, 0.2) is 4.77 Å². The van der Waals surface area contributed by atoms with Crippen molar-refractivity contribution >= 4 is 35.6 Å². The van der Waals surface area contributed by atoms with Crippen molar-refractivity contribution in [2.75, 3.05) is 0 Å². The van der Waals surface area contributed by atoms with Gasteiger partial charge >= 0.3 is 0 Å². The molecule has 2 aromatic carbocycles. The Kier molecular flexibility index (Phi) is 5.93. The topological polar surface area (TPSA) is 33.6 Å². The van der Waals surface area contributed by atoms with E-state index in [1.165, 1.54) is 17.7 Å². The minimum atomic E-state index is -0.323. The predicted octanol–water partition coefficient (Wildman–Crippen LogP) is 5.72. The molecule has 25 heavy (non-hydrogen) atoms. The zero-order chi connectivity index (χ0) is 17.8. The van der Waals surface area contributed by atoms with Crippen LogP contribution in [0.1, 0.15) is 23.9 Å². The number of aromatic amines is 1. The molecule has 0 fully saturated rings. The summed E-state index contributed by atoms with van der Waals surface area (Å²) in [5, 5.41) is 7.70. The maximum Gasteiger partial charge on any atom is 0.199 e. The fourth-order valence-corrected chi connectivity index (χ4v) is 4.11. The van der Waals surface area contributed by atoms with Crippen molar-refractivity contribution in [1.82, 2.24) is 14.8 Å². The van der Waals surface area contributed by atoms with Gasteiger partial charge in [0.2, 0.25) is 0 Å². The number of nitrogens with one attached hydrogen (secondary N) is 1. The standard InChI is InChI=1S/C18H17ClFN3S2/c1-2-12-5-3-4-6-16(12)23-17(21-22-18(23)24)11-25-10-13-7-8-14(20)9-15(13)19/h3-9H,2,10-11H2,1H3,(H,22,24). The number of H-pyrrole nitrogens is 1. The Balaban J connectivity index is 1.79. The van der Waals surface area contributed by atoms with E-state index < -0.39 is 0 Å². The van der Waals surface area contributed by atoms with Crippen LogP contribution in [0.15, 0.2) is 42.5 Å². The maximum atomic E-state index is 13.1. The molecule has 3 nitrogen and oxygen atoms in total. The van der Waals surface area contributed by atoms with E-state index in [1.54, 1.807) is 17.8 Å². The zero-order valence-corrected chi connectivity index (χ0v) is 16.0. The lowest BCUT2D eigenvalue weighted by Gasteiger charge is -2.11. The lowest BCUT2D eigenvalue weighted by Crippen LogP contribution is -2.03. The molecule has 1 N–H and O–H groups in total. The molecule has 1 heterocycles. The second kappa shape index (κ2) is 8.17.